The van der Waals surface area contributed by atoms with Gasteiger partial charge in [0, 0.05) is 34.8 Å². The number of H-pyrrole nitrogens is 1. The van der Waals surface area contributed by atoms with Gasteiger partial charge in [-0.1, -0.05) is 6.92 Å². The number of thiophene rings is 1. The third-order valence-corrected chi connectivity index (χ3v) is 4.46. The van der Waals surface area contributed by atoms with E-state index in [-0.39, 0.29) is 0 Å². The Bertz CT molecular complexity index is 643. The van der Waals surface area contributed by atoms with E-state index in [0.29, 0.717) is 18.1 Å². The summed E-state index contributed by atoms with van der Waals surface area (Å²) in [4.78, 5) is 27.8. The SMILES string of the molecule is Cc1csc(C(C)c2cnc[nH]2)c1C.O=C(O)/C=C/C(=O)O. The number of aromatic nitrogens is 2. The van der Waals surface area contributed by atoms with E-state index in [2.05, 4.69) is 36.1 Å². The van der Waals surface area contributed by atoms with Gasteiger partial charge in [-0.05, 0) is 30.4 Å². The summed E-state index contributed by atoms with van der Waals surface area (Å²) < 4.78 is 0. The van der Waals surface area contributed by atoms with Gasteiger partial charge in [0.15, 0.2) is 0 Å². The van der Waals surface area contributed by atoms with Crippen LogP contribution < -0.4 is 0 Å². The maximum Gasteiger partial charge on any atom is 0.328 e. The van der Waals surface area contributed by atoms with E-state index in [4.69, 9.17) is 10.2 Å². The maximum atomic E-state index is 9.55. The molecule has 6 nitrogen and oxygen atoms in total. The topological polar surface area (TPSA) is 103 Å². The lowest BCUT2D eigenvalue weighted by Gasteiger charge is -2.08. The molecule has 0 aromatic carbocycles. The van der Waals surface area contributed by atoms with Crippen molar-refractivity contribution in [2.45, 2.75) is 26.7 Å². The minimum Gasteiger partial charge on any atom is -0.478 e. The van der Waals surface area contributed by atoms with Gasteiger partial charge in [0.05, 0.1) is 6.33 Å². The molecule has 0 amide bonds. The fraction of sp³-hybridized carbons (Fsp3) is 0.267. The first-order valence-corrected chi connectivity index (χ1v) is 7.37. The minimum atomic E-state index is -1.26. The van der Waals surface area contributed by atoms with Crippen LogP contribution in [0, 0.1) is 13.8 Å². The molecule has 0 aliphatic heterocycles. The highest BCUT2D eigenvalue weighted by atomic mass is 32.1. The first-order chi connectivity index (χ1) is 10.3. The van der Waals surface area contributed by atoms with Gasteiger partial charge < -0.3 is 15.2 Å². The molecule has 0 aliphatic rings. The fourth-order valence-electron chi connectivity index (χ4n) is 1.74. The van der Waals surface area contributed by atoms with Crippen LogP contribution in [0.4, 0.5) is 0 Å². The van der Waals surface area contributed by atoms with Gasteiger partial charge in [-0.2, -0.15) is 0 Å². The first-order valence-electron chi connectivity index (χ1n) is 6.49. The van der Waals surface area contributed by atoms with Crippen molar-refractivity contribution in [1.29, 1.82) is 0 Å². The molecule has 0 aliphatic carbocycles. The van der Waals surface area contributed by atoms with Gasteiger partial charge in [-0.3, -0.25) is 0 Å². The average Bonchev–Trinajstić information content (AvgIpc) is 3.09. The van der Waals surface area contributed by atoms with Crippen LogP contribution in [-0.4, -0.2) is 32.1 Å². The van der Waals surface area contributed by atoms with E-state index >= 15 is 0 Å². The van der Waals surface area contributed by atoms with E-state index in [1.807, 2.05) is 17.5 Å². The van der Waals surface area contributed by atoms with Crippen LogP contribution in [0.3, 0.4) is 0 Å². The first kappa shape index (κ1) is 17.6. The summed E-state index contributed by atoms with van der Waals surface area (Å²) in [6.45, 7) is 6.56. The lowest BCUT2D eigenvalue weighted by Crippen LogP contribution is -1.95. The van der Waals surface area contributed by atoms with Gasteiger partial charge in [-0.15, -0.1) is 11.3 Å². The van der Waals surface area contributed by atoms with Gasteiger partial charge in [0.1, 0.15) is 0 Å². The Labute approximate surface area is 132 Å². The van der Waals surface area contributed by atoms with Crippen LogP contribution in [0.2, 0.25) is 0 Å². The molecule has 1 unspecified atom stereocenters. The van der Waals surface area contributed by atoms with Crippen molar-refractivity contribution >= 4 is 23.3 Å². The normalized spacial score (nSPS) is 11.8. The Morgan fingerprint density at radius 2 is 1.86 bits per heavy atom. The van der Waals surface area contributed by atoms with Crippen molar-refractivity contribution in [3.8, 4) is 0 Å². The van der Waals surface area contributed by atoms with Gasteiger partial charge >= 0.3 is 11.9 Å². The van der Waals surface area contributed by atoms with Gasteiger partial charge in [0.2, 0.25) is 0 Å². The van der Waals surface area contributed by atoms with Crippen molar-refractivity contribution in [3.63, 3.8) is 0 Å². The molecule has 118 valence electrons. The van der Waals surface area contributed by atoms with Crippen LogP contribution in [0.5, 0.6) is 0 Å². The highest BCUT2D eigenvalue weighted by Gasteiger charge is 2.14. The Morgan fingerprint density at radius 1 is 1.27 bits per heavy atom. The largest absolute Gasteiger partial charge is 0.478 e. The molecule has 2 aromatic rings. The molecule has 2 heterocycles. The zero-order chi connectivity index (χ0) is 16.7. The lowest BCUT2D eigenvalue weighted by atomic mass is 10.0. The van der Waals surface area contributed by atoms with Crippen molar-refractivity contribution < 1.29 is 19.8 Å². The molecule has 0 spiro atoms. The fourth-order valence-corrected chi connectivity index (χ4v) is 2.89. The highest BCUT2D eigenvalue weighted by molar-refractivity contribution is 7.10. The minimum absolute atomic E-state index is 0.427. The number of hydrogen-bond donors (Lipinski definition) is 3. The van der Waals surface area contributed by atoms with E-state index in [0.717, 1.165) is 0 Å². The number of carbonyl (C=O) groups is 2. The Kier molecular flexibility index (Phi) is 6.52. The summed E-state index contributed by atoms with van der Waals surface area (Å²) in [6, 6.07) is 0. The van der Waals surface area contributed by atoms with E-state index in [1.54, 1.807) is 6.33 Å². The van der Waals surface area contributed by atoms with Crippen LogP contribution in [0.15, 0.2) is 30.1 Å². The Morgan fingerprint density at radius 3 is 2.23 bits per heavy atom. The maximum absolute atomic E-state index is 9.55. The van der Waals surface area contributed by atoms with Gasteiger partial charge in [0.25, 0.3) is 0 Å². The molecule has 0 saturated carbocycles. The summed E-state index contributed by atoms with van der Waals surface area (Å²) in [5.41, 5.74) is 3.99. The quantitative estimate of drug-likeness (QED) is 0.751. The molecule has 0 saturated heterocycles. The number of aryl methyl sites for hydroxylation is 1. The van der Waals surface area contributed by atoms with Crippen LogP contribution in [-0.2, 0) is 9.59 Å². The zero-order valence-electron chi connectivity index (χ0n) is 12.5. The molecule has 2 aromatic heterocycles. The second kappa shape index (κ2) is 8.14. The van der Waals surface area contributed by atoms with Crippen LogP contribution >= 0.6 is 11.3 Å². The summed E-state index contributed by atoms with van der Waals surface area (Å²) in [7, 11) is 0. The number of aromatic amines is 1. The molecule has 2 rings (SSSR count). The van der Waals surface area contributed by atoms with Crippen molar-refractivity contribution in [1.82, 2.24) is 9.97 Å². The lowest BCUT2D eigenvalue weighted by molar-refractivity contribution is -0.134. The molecule has 7 heteroatoms. The monoisotopic (exact) mass is 322 g/mol. The molecule has 0 bridgehead atoms. The predicted octanol–water partition coefficient (Wildman–Crippen LogP) is 2.95. The number of nitrogens with one attached hydrogen (secondary N) is 1. The second-order valence-electron chi connectivity index (χ2n) is 4.65. The van der Waals surface area contributed by atoms with Crippen LogP contribution in [0.25, 0.3) is 0 Å². The predicted molar refractivity (Wildman–Crippen MR) is 84.3 cm³/mol. The molecule has 0 radical (unpaired) electrons. The Hall–Kier alpha value is -2.41. The summed E-state index contributed by atoms with van der Waals surface area (Å²) >= 11 is 1.83. The molecule has 0 fully saturated rings. The van der Waals surface area contributed by atoms with E-state index < -0.39 is 11.9 Å². The van der Waals surface area contributed by atoms with Crippen molar-refractivity contribution in [2.24, 2.45) is 0 Å². The molecule has 1 atom stereocenters. The number of carboxylic acids is 2. The third kappa shape index (κ3) is 5.17. The van der Waals surface area contributed by atoms with Crippen molar-refractivity contribution in [2.75, 3.05) is 0 Å². The standard InChI is InChI=1S/C11H14N2S.C4H4O4/c1-7-5-14-11(8(7)2)9(3)10-4-12-6-13-10;5-3(6)1-2-4(7)8/h4-6,9H,1-3H3,(H,12,13);1-2H,(H,5,6)(H,7,8)/b;2-1+. The zero-order valence-corrected chi connectivity index (χ0v) is 13.3. The molecule has 22 heavy (non-hydrogen) atoms. The number of hydrogen-bond acceptors (Lipinski definition) is 4. The highest BCUT2D eigenvalue weighted by Crippen LogP contribution is 2.31. The molecule has 3 N–H and O–H groups in total. The second-order valence-corrected chi connectivity index (χ2v) is 5.56. The Balaban J connectivity index is 0.000000261. The number of carboxylic acid groups (broad SMARTS) is 2. The average molecular weight is 322 g/mol. The number of rotatable bonds is 4. The molecular weight excluding hydrogens is 304 g/mol. The van der Waals surface area contributed by atoms with E-state index in [1.165, 1.54) is 21.7 Å². The smallest absolute Gasteiger partial charge is 0.328 e. The van der Waals surface area contributed by atoms with Crippen molar-refractivity contribution in [3.05, 3.63) is 51.8 Å². The number of aliphatic carboxylic acids is 2. The number of nitrogens with zero attached hydrogens (tertiary/aromatic N) is 1. The summed E-state index contributed by atoms with van der Waals surface area (Å²) in [5.74, 6) is -2.09. The molecular formula is C15H18N2O4S. The van der Waals surface area contributed by atoms with Crippen LogP contribution in [0.1, 0.15) is 34.5 Å². The van der Waals surface area contributed by atoms with E-state index in [9.17, 15) is 9.59 Å². The summed E-state index contributed by atoms with van der Waals surface area (Å²) in [6.07, 6.45) is 4.76. The van der Waals surface area contributed by atoms with Gasteiger partial charge in [-0.25, -0.2) is 14.6 Å². The third-order valence-electron chi connectivity index (χ3n) is 3.07. The number of imidazole rings is 1. The summed E-state index contributed by atoms with van der Waals surface area (Å²) in [5, 5.41) is 17.8.